The van der Waals surface area contributed by atoms with Gasteiger partial charge in [-0.1, -0.05) is 42.0 Å². The number of nitrogens with one attached hydrogen (secondary N) is 1. The largest absolute Gasteiger partial charge is 0.310 e. The SMILES string of the molecule is Cc1ccc(C(=O)C2CC(=O)Nc3c2c(C)nn3-c2cccc(C)c2C)cc1. The Morgan fingerprint density at radius 3 is 2.50 bits per heavy atom. The van der Waals surface area contributed by atoms with Crippen LogP contribution < -0.4 is 5.32 Å². The van der Waals surface area contributed by atoms with E-state index in [1.165, 1.54) is 0 Å². The first-order chi connectivity index (χ1) is 13.4. The zero-order chi connectivity index (χ0) is 20.0. The first-order valence-corrected chi connectivity index (χ1v) is 9.43. The zero-order valence-electron chi connectivity index (χ0n) is 16.5. The molecule has 142 valence electrons. The van der Waals surface area contributed by atoms with E-state index >= 15 is 0 Å². The van der Waals surface area contributed by atoms with Crippen molar-refractivity contribution in [2.24, 2.45) is 0 Å². The zero-order valence-corrected chi connectivity index (χ0v) is 16.5. The van der Waals surface area contributed by atoms with Crippen molar-refractivity contribution in [3.8, 4) is 5.69 Å². The average molecular weight is 373 g/mol. The van der Waals surface area contributed by atoms with Gasteiger partial charge in [-0.3, -0.25) is 9.59 Å². The summed E-state index contributed by atoms with van der Waals surface area (Å²) < 4.78 is 1.76. The first-order valence-electron chi connectivity index (χ1n) is 9.43. The minimum Gasteiger partial charge on any atom is -0.310 e. The molecule has 0 aliphatic carbocycles. The molecule has 1 atom stereocenters. The van der Waals surface area contributed by atoms with Gasteiger partial charge in [-0.05, 0) is 44.9 Å². The van der Waals surface area contributed by atoms with Crippen molar-refractivity contribution < 1.29 is 9.59 Å². The Morgan fingerprint density at radius 2 is 1.79 bits per heavy atom. The lowest BCUT2D eigenvalue weighted by molar-refractivity contribution is -0.116. The molecule has 3 aromatic rings. The molecule has 0 fully saturated rings. The van der Waals surface area contributed by atoms with Gasteiger partial charge >= 0.3 is 0 Å². The van der Waals surface area contributed by atoms with Gasteiger partial charge in [-0.2, -0.15) is 5.10 Å². The quantitative estimate of drug-likeness (QED) is 0.692. The van der Waals surface area contributed by atoms with E-state index in [4.69, 9.17) is 0 Å². The highest BCUT2D eigenvalue weighted by Gasteiger charge is 2.36. The summed E-state index contributed by atoms with van der Waals surface area (Å²) in [7, 11) is 0. The number of nitrogens with zero attached hydrogens (tertiary/aromatic N) is 2. The maximum absolute atomic E-state index is 13.2. The van der Waals surface area contributed by atoms with Crippen molar-refractivity contribution in [3.63, 3.8) is 0 Å². The third kappa shape index (κ3) is 2.93. The van der Waals surface area contributed by atoms with Crippen molar-refractivity contribution in [2.45, 2.75) is 40.0 Å². The van der Waals surface area contributed by atoms with E-state index < -0.39 is 5.92 Å². The molecule has 1 aliphatic rings. The summed E-state index contributed by atoms with van der Waals surface area (Å²) in [6.07, 6.45) is 0.138. The second kappa shape index (κ2) is 6.75. The lowest BCUT2D eigenvalue weighted by Crippen LogP contribution is -2.28. The Hall–Kier alpha value is -3.21. The second-order valence-corrected chi connectivity index (χ2v) is 7.51. The minimum atomic E-state index is -0.523. The number of carbonyl (C=O) groups excluding carboxylic acids is 2. The predicted molar refractivity (Wildman–Crippen MR) is 109 cm³/mol. The van der Waals surface area contributed by atoms with E-state index in [-0.39, 0.29) is 18.1 Å². The predicted octanol–water partition coefficient (Wildman–Crippen LogP) is 4.41. The van der Waals surface area contributed by atoms with Crippen LogP contribution in [0.1, 0.15) is 50.6 Å². The average Bonchev–Trinajstić information content (AvgIpc) is 2.99. The molecule has 5 nitrogen and oxygen atoms in total. The summed E-state index contributed by atoms with van der Waals surface area (Å²) in [5.74, 6) is -0.123. The maximum atomic E-state index is 13.2. The molecule has 2 aromatic carbocycles. The van der Waals surface area contributed by atoms with Crippen LogP contribution in [0.25, 0.3) is 5.69 Å². The lowest BCUT2D eigenvalue weighted by Gasteiger charge is -2.23. The third-order valence-corrected chi connectivity index (χ3v) is 5.56. The van der Waals surface area contributed by atoms with Crippen LogP contribution in [0.3, 0.4) is 0 Å². The number of hydrogen-bond donors (Lipinski definition) is 1. The van der Waals surface area contributed by atoms with Crippen LogP contribution in [0.4, 0.5) is 5.82 Å². The van der Waals surface area contributed by atoms with Gasteiger partial charge in [0.05, 0.1) is 17.3 Å². The van der Waals surface area contributed by atoms with Crippen LogP contribution in [-0.4, -0.2) is 21.5 Å². The Bertz CT molecular complexity index is 1090. The van der Waals surface area contributed by atoms with Crippen LogP contribution in [0, 0.1) is 27.7 Å². The fourth-order valence-electron chi connectivity index (χ4n) is 3.83. The smallest absolute Gasteiger partial charge is 0.226 e. The number of Topliss-reactive ketones (excluding diaryl/α,β-unsaturated/α-hetero) is 1. The molecule has 1 N–H and O–H groups in total. The molecule has 2 heterocycles. The number of anilines is 1. The highest BCUT2D eigenvalue weighted by atomic mass is 16.2. The van der Waals surface area contributed by atoms with E-state index in [0.29, 0.717) is 11.4 Å². The number of rotatable bonds is 3. The lowest BCUT2D eigenvalue weighted by atomic mass is 9.85. The van der Waals surface area contributed by atoms with Crippen molar-refractivity contribution in [1.82, 2.24) is 9.78 Å². The molecule has 4 rings (SSSR count). The first kappa shape index (κ1) is 18.2. The Kier molecular flexibility index (Phi) is 4.38. The van der Waals surface area contributed by atoms with Crippen LogP contribution in [0.2, 0.25) is 0 Å². The van der Waals surface area contributed by atoms with Crippen LogP contribution >= 0.6 is 0 Å². The minimum absolute atomic E-state index is 0.0419. The summed E-state index contributed by atoms with van der Waals surface area (Å²) in [5.41, 5.74) is 6.44. The molecule has 1 aromatic heterocycles. The molecule has 1 amide bonds. The Balaban J connectivity index is 1.84. The Labute approximate surface area is 164 Å². The van der Waals surface area contributed by atoms with E-state index in [0.717, 1.165) is 33.6 Å². The van der Waals surface area contributed by atoms with E-state index in [2.05, 4.69) is 10.4 Å². The fraction of sp³-hybridized carbons (Fsp3) is 0.261. The van der Waals surface area contributed by atoms with E-state index in [1.54, 1.807) is 4.68 Å². The Morgan fingerprint density at radius 1 is 1.07 bits per heavy atom. The van der Waals surface area contributed by atoms with E-state index in [1.807, 2.05) is 70.2 Å². The molecule has 1 aliphatic heterocycles. The molecular weight excluding hydrogens is 350 g/mol. The number of carbonyl (C=O) groups is 2. The number of ketones is 1. The van der Waals surface area contributed by atoms with Crippen molar-refractivity contribution in [3.05, 3.63) is 76.0 Å². The van der Waals surface area contributed by atoms with Gasteiger partial charge in [0.1, 0.15) is 5.82 Å². The molecule has 0 bridgehead atoms. The molecule has 1 unspecified atom stereocenters. The number of hydrogen-bond acceptors (Lipinski definition) is 3. The van der Waals surface area contributed by atoms with Gasteiger partial charge in [-0.15, -0.1) is 0 Å². The number of benzene rings is 2. The van der Waals surface area contributed by atoms with Crippen molar-refractivity contribution in [2.75, 3.05) is 5.32 Å². The fourth-order valence-corrected chi connectivity index (χ4v) is 3.83. The van der Waals surface area contributed by atoms with Gasteiger partial charge in [0, 0.05) is 17.5 Å². The molecule has 0 saturated carbocycles. The number of aryl methyl sites for hydroxylation is 3. The topological polar surface area (TPSA) is 64.0 Å². The van der Waals surface area contributed by atoms with Gasteiger partial charge in [0.15, 0.2) is 5.78 Å². The van der Waals surface area contributed by atoms with Gasteiger partial charge < -0.3 is 5.32 Å². The number of amides is 1. The normalized spacial score (nSPS) is 15.9. The van der Waals surface area contributed by atoms with Gasteiger partial charge in [0.2, 0.25) is 5.91 Å². The van der Waals surface area contributed by atoms with Gasteiger partial charge in [0.25, 0.3) is 0 Å². The molecule has 0 radical (unpaired) electrons. The van der Waals surface area contributed by atoms with Crippen LogP contribution in [-0.2, 0) is 4.79 Å². The number of fused-ring (bicyclic) bond motifs is 1. The highest BCUT2D eigenvalue weighted by molar-refractivity contribution is 6.08. The summed E-state index contributed by atoms with van der Waals surface area (Å²) in [6.45, 7) is 7.96. The van der Waals surface area contributed by atoms with E-state index in [9.17, 15) is 9.59 Å². The third-order valence-electron chi connectivity index (χ3n) is 5.56. The van der Waals surface area contributed by atoms with Crippen LogP contribution in [0.15, 0.2) is 42.5 Å². The van der Waals surface area contributed by atoms with Crippen molar-refractivity contribution in [1.29, 1.82) is 0 Å². The maximum Gasteiger partial charge on any atom is 0.226 e. The van der Waals surface area contributed by atoms with Crippen LogP contribution in [0.5, 0.6) is 0 Å². The summed E-state index contributed by atoms with van der Waals surface area (Å²) in [4.78, 5) is 25.7. The molecule has 0 spiro atoms. The van der Waals surface area contributed by atoms with Gasteiger partial charge in [-0.25, -0.2) is 4.68 Å². The molecular formula is C23H23N3O2. The summed E-state index contributed by atoms with van der Waals surface area (Å²) >= 11 is 0. The second-order valence-electron chi connectivity index (χ2n) is 7.51. The molecule has 5 heteroatoms. The molecule has 28 heavy (non-hydrogen) atoms. The highest BCUT2D eigenvalue weighted by Crippen LogP contribution is 2.38. The molecule has 0 saturated heterocycles. The monoisotopic (exact) mass is 373 g/mol. The van der Waals surface area contributed by atoms with Crippen molar-refractivity contribution >= 4 is 17.5 Å². The summed E-state index contributed by atoms with van der Waals surface area (Å²) in [5, 5.41) is 7.64. The standard InChI is InChI=1S/C23H23N3O2/c1-13-8-10-17(11-9-13)22(28)18-12-20(27)24-23-21(18)16(4)25-26(23)19-7-5-6-14(2)15(19)3/h5-11,18H,12H2,1-4H3,(H,24,27). The number of aromatic nitrogens is 2. The summed E-state index contributed by atoms with van der Waals surface area (Å²) in [6, 6.07) is 13.5.